The second-order valence-electron chi connectivity index (χ2n) is 6.23. The maximum absolute atomic E-state index is 13.0. The Morgan fingerprint density at radius 3 is 2.54 bits per heavy atom. The van der Waals surface area contributed by atoms with Gasteiger partial charge in [-0.1, -0.05) is 29.8 Å². The van der Waals surface area contributed by atoms with Gasteiger partial charge in [0.05, 0.1) is 16.6 Å². The standard InChI is InChI=1S/C19H18ClN3O3/c1-12(2)21-17(24)11-22-16-9-4-3-8-15(16)18(25)23(19(22)26)14-7-5-6-13(20)10-14/h3-10,12H,11H2,1-2H3,(H,21,24). The molecule has 0 spiro atoms. The van der Waals surface area contributed by atoms with E-state index in [9.17, 15) is 14.4 Å². The van der Waals surface area contributed by atoms with Gasteiger partial charge in [0.1, 0.15) is 6.54 Å². The summed E-state index contributed by atoms with van der Waals surface area (Å²) in [5, 5.41) is 3.52. The fraction of sp³-hybridized carbons (Fsp3) is 0.211. The van der Waals surface area contributed by atoms with Crippen molar-refractivity contribution in [3.05, 3.63) is 74.4 Å². The van der Waals surface area contributed by atoms with Gasteiger partial charge in [-0.3, -0.25) is 14.2 Å². The van der Waals surface area contributed by atoms with Gasteiger partial charge in [-0.2, -0.15) is 0 Å². The van der Waals surface area contributed by atoms with Gasteiger partial charge in [0.25, 0.3) is 5.56 Å². The van der Waals surface area contributed by atoms with Crippen LogP contribution in [0.15, 0.2) is 58.1 Å². The topological polar surface area (TPSA) is 73.1 Å². The number of benzene rings is 2. The van der Waals surface area contributed by atoms with Crippen LogP contribution in [0.3, 0.4) is 0 Å². The molecule has 134 valence electrons. The second kappa shape index (κ2) is 7.17. The van der Waals surface area contributed by atoms with Crippen molar-refractivity contribution in [2.24, 2.45) is 0 Å². The van der Waals surface area contributed by atoms with E-state index in [1.165, 1.54) is 10.6 Å². The molecule has 0 unspecified atom stereocenters. The predicted molar refractivity (Wildman–Crippen MR) is 102 cm³/mol. The van der Waals surface area contributed by atoms with E-state index < -0.39 is 11.2 Å². The van der Waals surface area contributed by atoms with Crippen LogP contribution >= 0.6 is 11.6 Å². The highest BCUT2D eigenvalue weighted by atomic mass is 35.5. The number of carbonyl (C=O) groups is 1. The SMILES string of the molecule is CC(C)NC(=O)Cn1c(=O)n(-c2cccc(Cl)c2)c(=O)c2ccccc21. The third-order valence-corrected chi connectivity index (χ3v) is 4.10. The van der Waals surface area contributed by atoms with Gasteiger partial charge in [0, 0.05) is 11.1 Å². The summed E-state index contributed by atoms with van der Waals surface area (Å²) in [6, 6.07) is 13.2. The molecule has 2 aromatic carbocycles. The first-order valence-electron chi connectivity index (χ1n) is 8.18. The maximum Gasteiger partial charge on any atom is 0.336 e. The van der Waals surface area contributed by atoms with Crippen molar-refractivity contribution in [1.82, 2.24) is 14.5 Å². The van der Waals surface area contributed by atoms with Crippen LogP contribution in [-0.2, 0) is 11.3 Å². The Kier molecular flexibility index (Phi) is 4.95. The molecule has 3 aromatic rings. The van der Waals surface area contributed by atoms with Gasteiger partial charge < -0.3 is 5.32 Å². The number of aromatic nitrogens is 2. The van der Waals surface area contributed by atoms with Gasteiger partial charge >= 0.3 is 5.69 Å². The first kappa shape index (κ1) is 17.9. The molecule has 7 heteroatoms. The Morgan fingerprint density at radius 1 is 1.12 bits per heavy atom. The van der Waals surface area contributed by atoms with E-state index in [4.69, 9.17) is 11.6 Å². The van der Waals surface area contributed by atoms with Crippen LogP contribution in [0, 0.1) is 0 Å². The monoisotopic (exact) mass is 371 g/mol. The third-order valence-electron chi connectivity index (χ3n) is 3.87. The van der Waals surface area contributed by atoms with E-state index in [1.807, 2.05) is 13.8 Å². The van der Waals surface area contributed by atoms with Crippen LogP contribution < -0.4 is 16.6 Å². The van der Waals surface area contributed by atoms with Crippen LogP contribution in [0.25, 0.3) is 16.6 Å². The molecule has 1 heterocycles. The Labute approximate surface area is 154 Å². The first-order chi connectivity index (χ1) is 12.4. The molecule has 0 atom stereocenters. The molecule has 1 aromatic heterocycles. The van der Waals surface area contributed by atoms with E-state index in [-0.39, 0.29) is 18.5 Å². The summed E-state index contributed by atoms with van der Waals surface area (Å²) in [7, 11) is 0. The van der Waals surface area contributed by atoms with Crippen LogP contribution in [0.4, 0.5) is 0 Å². The van der Waals surface area contributed by atoms with Gasteiger partial charge in [-0.05, 0) is 44.2 Å². The van der Waals surface area contributed by atoms with Crippen molar-refractivity contribution in [3.63, 3.8) is 0 Å². The first-order valence-corrected chi connectivity index (χ1v) is 8.56. The minimum Gasteiger partial charge on any atom is -0.352 e. The summed E-state index contributed by atoms with van der Waals surface area (Å²) in [4.78, 5) is 38.1. The van der Waals surface area contributed by atoms with E-state index in [0.29, 0.717) is 21.6 Å². The molecule has 0 aliphatic rings. The molecule has 0 saturated heterocycles. The second-order valence-corrected chi connectivity index (χ2v) is 6.66. The highest BCUT2D eigenvalue weighted by Crippen LogP contribution is 2.14. The lowest BCUT2D eigenvalue weighted by Gasteiger charge is -2.15. The number of nitrogens with one attached hydrogen (secondary N) is 1. The maximum atomic E-state index is 13.0. The molecule has 0 radical (unpaired) electrons. The van der Waals surface area contributed by atoms with Crippen molar-refractivity contribution in [2.75, 3.05) is 0 Å². The third kappa shape index (κ3) is 3.41. The summed E-state index contributed by atoms with van der Waals surface area (Å²) >= 11 is 6.01. The summed E-state index contributed by atoms with van der Waals surface area (Å²) in [6.45, 7) is 3.50. The minimum atomic E-state index is -0.588. The summed E-state index contributed by atoms with van der Waals surface area (Å²) in [6.07, 6.45) is 0. The lowest BCUT2D eigenvalue weighted by molar-refractivity contribution is -0.122. The largest absolute Gasteiger partial charge is 0.352 e. The van der Waals surface area contributed by atoms with Crippen molar-refractivity contribution < 1.29 is 4.79 Å². The zero-order chi connectivity index (χ0) is 18.8. The molecule has 0 saturated carbocycles. The molecule has 6 nitrogen and oxygen atoms in total. The van der Waals surface area contributed by atoms with Crippen molar-refractivity contribution in [1.29, 1.82) is 0 Å². The Hall–Kier alpha value is -2.86. The van der Waals surface area contributed by atoms with Crippen molar-refractivity contribution in [2.45, 2.75) is 26.4 Å². The fourth-order valence-corrected chi connectivity index (χ4v) is 3.01. The Morgan fingerprint density at radius 2 is 1.85 bits per heavy atom. The molecular formula is C19H18ClN3O3. The zero-order valence-electron chi connectivity index (χ0n) is 14.4. The summed E-state index contributed by atoms with van der Waals surface area (Å²) < 4.78 is 2.34. The number of hydrogen-bond donors (Lipinski definition) is 1. The molecule has 0 aliphatic heterocycles. The molecule has 0 bridgehead atoms. The highest BCUT2D eigenvalue weighted by Gasteiger charge is 2.16. The van der Waals surface area contributed by atoms with E-state index in [2.05, 4.69) is 5.32 Å². The average Bonchev–Trinajstić information content (AvgIpc) is 2.58. The van der Waals surface area contributed by atoms with Crippen molar-refractivity contribution >= 4 is 28.4 Å². The molecular weight excluding hydrogens is 354 g/mol. The molecule has 1 amide bonds. The molecule has 0 fully saturated rings. The van der Waals surface area contributed by atoms with Crippen LogP contribution in [0.5, 0.6) is 0 Å². The Balaban J connectivity index is 2.29. The quantitative estimate of drug-likeness (QED) is 0.765. The predicted octanol–water partition coefficient (Wildman–Crippen LogP) is 2.33. The van der Waals surface area contributed by atoms with Crippen LogP contribution in [-0.4, -0.2) is 21.1 Å². The van der Waals surface area contributed by atoms with E-state index in [1.54, 1.807) is 42.5 Å². The summed E-state index contributed by atoms with van der Waals surface area (Å²) in [5.41, 5.74) is -0.265. The average molecular weight is 372 g/mol. The minimum absolute atomic E-state index is 0.0525. The zero-order valence-corrected chi connectivity index (χ0v) is 15.2. The lowest BCUT2D eigenvalue weighted by Crippen LogP contribution is -2.42. The number of amides is 1. The van der Waals surface area contributed by atoms with E-state index >= 15 is 0 Å². The van der Waals surface area contributed by atoms with Gasteiger partial charge in [0.15, 0.2) is 0 Å². The highest BCUT2D eigenvalue weighted by molar-refractivity contribution is 6.30. The number of carbonyl (C=O) groups excluding carboxylic acids is 1. The number of halogens is 1. The molecule has 1 N–H and O–H groups in total. The molecule has 0 aliphatic carbocycles. The normalized spacial score (nSPS) is 11.1. The summed E-state index contributed by atoms with van der Waals surface area (Å²) in [5.74, 6) is -0.302. The van der Waals surface area contributed by atoms with Crippen molar-refractivity contribution in [3.8, 4) is 5.69 Å². The lowest BCUT2D eigenvalue weighted by atomic mass is 10.2. The molecule has 3 rings (SSSR count). The van der Waals surface area contributed by atoms with E-state index in [0.717, 1.165) is 4.57 Å². The smallest absolute Gasteiger partial charge is 0.336 e. The van der Waals surface area contributed by atoms with Gasteiger partial charge in [-0.15, -0.1) is 0 Å². The number of hydrogen-bond acceptors (Lipinski definition) is 3. The number of para-hydroxylation sites is 1. The van der Waals surface area contributed by atoms with Crippen LogP contribution in [0.2, 0.25) is 5.02 Å². The fourth-order valence-electron chi connectivity index (χ4n) is 2.83. The van der Waals surface area contributed by atoms with Gasteiger partial charge in [0.2, 0.25) is 5.91 Å². The molecule has 26 heavy (non-hydrogen) atoms. The number of rotatable bonds is 4. The van der Waals surface area contributed by atoms with Gasteiger partial charge in [-0.25, -0.2) is 9.36 Å². The van der Waals surface area contributed by atoms with Crippen LogP contribution in [0.1, 0.15) is 13.8 Å². The number of fused-ring (bicyclic) bond motifs is 1. The Bertz CT molecular complexity index is 1100. The number of nitrogens with zero attached hydrogens (tertiary/aromatic N) is 2.